The highest BCUT2D eigenvalue weighted by atomic mass is 32.2. The van der Waals surface area contributed by atoms with Crippen molar-refractivity contribution in [1.29, 1.82) is 0 Å². The van der Waals surface area contributed by atoms with E-state index in [0.29, 0.717) is 0 Å². The van der Waals surface area contributed by atoms with Crippen molar-refractivity contribution in [3.63, 3.8) is 0 Å². The molecule has 0 saturated heterocycles. The Morgan fingerprint density at radius 3 is 3.19 bits per heavy atom. The number of hydrogen-bond acceptors (Lipinski definition) is 3. The van der Waals surface area contributed by atoms with Crippen LogP contribution in [0.25, 0.3) is 0 Å². The predicted molar refractivity (Wildman–Crippen MR) is 64.2 cm³/mol. The molecule has 1 heterocycles. The fraction of sp³-hybridized carbons (Fsp3) is 0.500. The Balaban J connectivity index is 2.21. The van der Waals surface area contributed by atoms with E-state index in [1.54, 1.807) is 17.8 Å². The molecule has 4 heteroatoms. The van der Waals surface area contributed by atoms with E-state index in [4.69, 9.17) is 5.11 Å². The molecule has 1 unspecified atom stereocenters. The highest BCUT2D eigenvalue weighted by Crippen LogP contribution is 2.36. The number of rotatable bonds is 3. The lowest BCUT2D eigenvalue weighted by molar-refractivity contribution is 0.239. The summed E-state index contributed by atoms with van der Waals surface area (Å²) in [4.78, 5) is 1.15. The monoisotopic (exact) mass is 241 g/mol. The quantitative estimate of drug-likeness (QED) is 0.852. The van der Waals surface area contributed by atoms with E-state index >= 15 is 0 Å². The van der Waals surface area contributed by atoms with E-state index in [-0.39, 0.29) is 24.5 Å². The summed E-state index contributed by atoms with van der Waals surface area (Å²) in [5.74, 6) is 0.846. The molecule has 0 spiro atoms. The molecule has 0 saturated carbocycles. The van der Waals surface area contributed by atoms with Gasteiger partial charge in [0.05, 0.1) is 6.61 Å². The van der Waals surface area contributed by atoms with Crippen molar-refractivity contribution in [3.8, 4) is 0 Å². The lowest BCUT2D eigenvalue weighted by Crippen LogP contribution is -2.34. The SMILES string of the molecule is C[C@H](CO)NC1CCSc2ccc(F)cc21. The number of halogens is 1. The Morgan fingerprint density at radius 2 is 2.44 bits per heavy atom. The Morgan fingerprint density at radius 1 is 1.62 bits per heavy atom. The zero-order chi connectivity index (χ0) is 11.5. The van der Waals surface area contributed by atoms with Gasteiger partial charge >= 0.3 is 0 Å². The van der Waals surface area contributed by atoms with Crippen molar-refractivity contribution in [2.45, 2.75) is 30.3 Å². The zero-order valence-corrected chi connectivity index (χ0v) is 10.1. The second kappa shape index (κ2) is 5.17. The van der Waals surface area contributed by atoms with Gasteiger partial charge in [-0.3, -0.25) is 0 Å². The molecule has 88 valence electrons. The van der Waals surface area contributed by atoms with Gasteiger partial charge in [0.15, 0.2) is 0 Å². The van der Waals surface area contributed by atoms with Gasteiger partial charge in [0, 0.05) is 17.0 Å². The molecule has 2 atom stereocenters. The first kappa shape index (κ1) is 11.9. The van der Waals surface area contributed by atoms with Crippen LogP contribution in [0.3, 0.4) is 0 Å². The van der Waals surface area contributed by atoms with Crippen molar-refractivity contribution in [2.24, 2.45) is 0 Å². The maximum absolute atomic E-state index is 13.2. The molecular formula is C12H16FNOS. The molecule has 0 bridgehead atoms. The lowest BCUT2D eigenvalue weighted by Gasteiger charge is -2.28. The fourth-order valence-electron chi connectivity index (χ4n) is 1.93. The summed E-state index contributed by atoms with van der Waals surface area (Å²) in [5.41, 5.74) is 1.02. The van der Waals surface area contributed by atoms with Crippen molar-refractivity contribution in [2.75, 3.05) is 12.4 Å². The van der Waals surface area contributed by atoms with Crippen LogP contribution in [0.1, 0.15) is 24.9 Å². The summed E-state index contributed by atoms with van der Waals surface area (Å²) >= 11 is 1.77. The summed E-state index contributed by atoms with van der Waals surface area (Å²) in [6.45, 7) is 2.04. The van der Waals surface area contributed by atoms with Crippen molar-refractivity contribution in [1.82, 2.24) is 5.32 Å². The van der Waals surface area contributed by atoms with Crippen LogP contribution in [0.2, 0.25) is 0 Å². The van der Waals surface area contributed by atoms with Gasteiger partial charge in [-0.2, -0.15) is 0 Å². The van der Waals surface area contributed by atoms with E-state index < -0.39 is 0 Å². The first-order valence-electron chi connectivity index (χ1n) is 5.50. The number of thioether (sulfide) groups is 1. The molecule has 2 N–H and O–H groups in total. The molecule has 0 aromatic heterocycles. The van der Waals surface area contributed by atoms with E-state index in [1.807, 2.05) is 13.0 Å². The van der Waals surface area contributed by atoms with E-state index in [1.165, 1.54) is 6.07 Å². The second-order valence-corrected chi connectivity index (χ2v) is 5.26. The minimum atomic E-state index is -0.190. The largest absolute Gasteiger partial charge is 0.395 e. The third-order valence-electron chi connectivity index (χ3n) is 2.77. The molecule has 2 nitrogen and oxygen atoms in total. The Hall–Kier alpha value is -0.580. The molecule has 0 fully saturated rings. The van der Waals surface area contributed by atoms with Gasteiger partial charge in [-0.15, -0.1) is 11.8 Å². The molecule has 0 aliphatic carbocycles. The van der Waals surface area contributed by atoms with Crippen molar-refractivity contribution in [3.05, 3.63) is 29.6 Å². The number of fused-ring (bicyclic) bond motifs is 1. The summed E-state index contributed by atoms with van der Waals surface area (Å²) < 4.78 is 13.2. The molecule has 1 aliphatic rings. The summed E-state index contributed by atoms with van der Waals surface area (Å²) in [6, 6.07) is 5.15. The normalized spacial score (nSPS) is 21.6. The van der Waals surface area contributed by atoms with Crippen molar-refractivity contribution >= 4 is 11.8 Å². The molecule has 1 aromatic carbocycles. The molecule has 1 aromatic rings. The van der Waals surface area contributed by atoms with Crippen LogP contribution in [0.4, 0.5) is 4.39 Å². The average molecular weight is 241 g/mol. The molecule has 0 amide bonds. The van der Waals surface area contributed by atoms with Gasteiger partial charge in [0.1, 0.15) is 5.82 Å². The maximum atomic E-state index is 13.2. The lowest BCUT2D eigenvalue weighted by atomic mass is 10.0. The van der Waals surface area contributed by atoms with Crippen LogP contribution < -0.4 is 5.32 Å². The first-order valence-corrected chi connectivity index (χ1v) is 6.48. The van der Waals surface area contributed by atoms with Crippen LogP contribution in [-0.2, 0) is 0 Å². The zero-order valence-electron chi connectivity index (χ0n) is 9.24. The van der Waals surface area contributed by atoms with Gasteiger partial charge < -0.3 is 10.4 Å². The Labute approximate surface area is 99.2 Å². The molecular weight excluding hydrogens is 225 g/mol. The van der Waals surface area contributed by atoms with Crippen LogP contribution in [0.15, 0.2) is 23.1 Å². The highest BCUT2D eigenvalue weighted by molar-refractivity contribution is 7.99. The Kier molecular flexibility index (Phi) is 3.84. The Bertz CT molecular complexity index is 372. The standard InChI is InChI=1S/C12H16FNOS/c1-8(7-15)14-11-4-5-16-12-3-2-9(13)6-10(11)12/h2-3,6,8,11,14-15H,4-5,7H2,1H3/t8-,11?/m1/s1. The number of aliphatic hydroxyl groups excluding tert-OH is 1. The molecule has 16 heavy (non-hydrogen) atoms. The molecule has 0 radical (unpaired) electrons. The number of aliphatic hydroxyl groups is 1. The van der Waals surface area contributed by atoms with Gasteiger partial charge in [0.25, 0.3) is 0 Å². The van der Waals surface area contributed by atoms with E-state index in [2.05, 4.69) is 5.32 Å². The van der Waals surface area contributed by atoms with Gasteiger partial charge in [-0.25, -0.2) is 4.39 Å². The third kappa shape index (κ3) is 2.56. The second-order valence-electron chi connectivity index (χ2n) is 4.12. The number of nitrogens with one attached hydrogen (secondary N) is 1. The number of hydrogen-bond donors (Lipinski definition) is 2. The van der Waals surface area contributed by atoms with Gasteiger partial charge in [-0.1, -0.05) is 0 Å². The molecule has 1 aliphatic heterocycles. The summed E-state index contributed by atoms with van der Waals surface area (Å²) in [6.07, 6.45) is 0.978. The minimum absolute atomic E-state index is 0.0456. The fourth-order valence-corrected chi connectivity index (χ4v) is 3.04. The number of benzene rings is 1. The van der Waals surface area contributed by atoms with E-state index in [9.17, 15) is 4.39 Å². The topological polar surface area (TPSA) is 32.3 Å². The van der Waals surface area contributed by atoms with E-state index in [0.717, 1.165) is 22.6 Å². The smallest absolute Gasteiger partial charge is 0.123 e. The summed E-state index contributed by atoms with van der Waals surface area (Å²) in [5, 5.41) is 12.3. The maximum Gasteiger partial charge on any atom is 0.123 e. The highest BCUT2D eigenvalue weighted by Gasteiger charge is 2.22. The predicted octanol–water partition coefficient (Wildman–Crippen LogP) is 2.33. The van der Waals surface area contributed by atoms with Crippen LogP contribution in [0, 0.1) is 5.82 Å². The average Bonchev–Trinajstić information content (AvgIpc) is 2.29. The molecule has 2 rings (SSSR count). The van der Waals surface area contributed by atoms with Crippen LogP contribution in [-0.4, -0.2) is 23.5 Å². The minimum Gasteiger partial charge on any atom is -0.395 e. The van der Waals surface area contributed by atoms with Crippen molar-refractivity contribution < 1.29 is 9.50 Å². The van der Waals surface area contributed by atoms with Crippen LogP contribution in [0.5, 0.6) is 0 Å². The van der Waals surface area contributed by atoms with Gasteiger partial charge in [0.2, 0.25) is 0 Å². The third-order valence-corrected chi connectivity index (χ3v) is 3.89. The van der Waals surface area contributed by atoms with Gasteiger partial charge in [-0.05, 0) is 42.9 Å². The first-order chi connectivity index (χ1) is 7.70. The van der Waals surface area contributed by atoms with Crippen LogP contribution >= 0.6 is 11.8 Å². The summed E-state index contributed by atoms with van der Waals surface area (Å²) in [7, 11) is 0.